The lowest BCUT2D eigenvalue weighted by atomic mass is 10.1. The smallest absolute Gasteiger partial charge is 0.410 e. The van der Waals surface area contributed by atoms with Crippen molar-refractivity contribution in [3.63, 3.8) is 0 Å². The van der Waals surface area contributed by atoms with Crippen LogP contribution in [0.3, 0.4) is 0 Å². The summed E-state index contributed by atoms with van der Waals surface area (Å²) in [7, 11) is 0. The van der Waals surface area contributed by atoms with Crippen LogP contribution in [-0.4, -0.2) is 78.8 Å². The van der Waals surface area contributed by atoms with E-state index in [1.54, 1.807) is 27.7 Å². The van der Waals surface area contributed by atoms with Gasteiger partial charge in [0.15, 0.2) is 0 Å². The third-order valence-electron chi connectivity index (χ3n) is 5.93. The first-order valence-electron chi connectivity index (χ1n) is 13.7. The molecule has 0 saturated carbocycles. The van der Waals surface area contributed by atoms with Crippen LogP contribution in [0.4, 0.5) is 9.59 Å². The van der Waals surface area contributed by atoms with Crippen molar-refractivity contribution in [2.75, 3.05) is 26.2 Å². The summed E-state index contributed by atoms with van der Waals surface area (Å²) in [5, 5.41) is 7.90. The largest absolute Gasteiger partial charge is 0.465 e. The summed E-state index contributed by atoms with van der Waals surface area (Å²) < 4.78 is 15.5. The SMILES string of the molecule is CCOC(=O)CNC(=O)[C@H](CCCCNC(=O)OCc1ccccc1)NC(=O)[C@@H]1CCCN1C(=O)OC(C)(C)C. The molecule has 1 aromatic rings. The number of rotatable bonds is 13. The minimum absolute atomic E-state index is 0.156. The van der Waals surface area contributed by atoms with Crippen LogP contribution < -0.4 is 16.0 Å². The molecular formula is C28H42N4O8. The van der Waals surface area contributed by atoms with Crippen LogP contribution in [0.15, 0.2) is 30.3 Å². The molecule has 0 aliphatic carbocycles. The van der Waals surface area contributed by atoms with E-state index in [0.717, 1.165) is 5.56 Å². The lowest BCUT2D eigenvalue weighted by Gasteiger charge is -2.29. The second-order valence-electron chi connectivity index (χ2n) is 10.4. The summed E-state index contributed by atoms with van der Waals surface area (Å²) >= 11 is 0. The van der Waals surface area contributed by atoms with Gasteiger partial charge in [-0.2, -0.15) is 0 Å². The number of likely N-dealkylation sites (tertiary alicyclic amines) is 1. The molecule has 0 spiro atoms. The molecule has 4 amide bonds. The number of esters is 1. The summed E-state index contributed by atoms with van der Waals surface area (Å²) in [6.45, 7) is 7.59. The van der Waals surface area contributed by atoms with Crippen molar-refractivity contribution in [2.24, 2.45) is 0 Å². The maximum absolute atomic E-state index is 13.1. The van der Waals surface area contributed by atoms with Crippen molar-refractivity contribution in [3.8, 4) is 0 Å². The lowest BCUT2D eigenvalue weighted by Crippen LogP contribution is -2.54. The molecule has 222 valence electrons. The molecule has 1 saturated heterocycles. The Morgan fingerprint density at radius 1 is 1.02 bits per heavy atom. The Morgan fingerprint density at radius 3 is 2.42 bits per heavy atom. The fraction of sp³-hybridized carbons (Fsp3) is 0.607. The maximum atomic E-state index is 13.1. The van der Waals surface area contributed by atoms with Gasteiger partial charge in [-0.15, -0.1) is 0 Å². The van der Waals surface area contributed by atoms with Gasteiger partial charge in [-0.25, -0.2) is 9.59 Å². The van der Waals surface area contributed by atoms with Gasteiger partial charge in [0.25, 0.3) is 0 Å². The average molecular weight is 563 g/mol. The Kier molecular flexibility index (Phi) is 13.2. The van der Waals surface area contributed by atoms with Gasteiger partial charge in [-0.05, 0) is 65.4 Å². The van der Waals surface area contributed by atoms with Gasteiger partial charge in [0.1, 0.15) is 30.8 Å². The number of unbranched alkanes of at least 4 members (excludes halogenated alkanes) is 1. The molecule has 1 fully saturated rings. The fourth-order valence-corrected chi connectivity index (χ4v) is 4.05. The van der Waals surface area contributed by atoms with Gasteiger partial charge in [0.05, 0.1) is 6.61 Å². The number of carbonyl (C=O) groups is 5. The predicted molar refractivity (Wildman–Crippen MR) is 146 cm³/mol. The molecule has 1 heterocycles. The topological polar surface area (TPSA) is 152 Å². The van der Waals surface area contributed by atoms with Gasteiger partial charge >= 0.3 is 18.2 Å². The second kappa shape index (κ2) is 16.3. The molecule has 0 bridgehead atoms. The summed E-state index contributed by atoms with van der Waals surface area (Å²) in [5.74, 6) is -1.60. The normalized spacial score (nSPS) is 15.5. The third kappa shape index (κ3) is 11.9. The van der Waals surface area contributed by atoms with Crippen molar-refractivity contribution in [1.82, 2.24) is 20.9 Å². The number of carbonyl (C=O) groups excluding carboxylic acids is 5. The highest BCUT2D eigenvalue weighted by molar-refractivity contribution is 5.92. The van der Waals surface area contributed by atoms with Crippen LogP contribution in [0, 0.1) is 0 Å². The first-order valence-corrected chi connectivity index (χ1v) is 13.7. The standard InChI is InChI=1S/C28H42N4O8/c1-5-38-23(33)18-30-24(34)21(14-9-10-16-29-26(36)39-19-20-12-7-6-8-13-20)31-25(35)22-15-11-17-32(22)27(37)40-28(2,3)4/h6-8,12-13,21-22H,5,9-11,14-19H2,1-4H3,(H,29,36)(H,30,34)(H,31,35)/t21-,22-/m0/s1. The average Bonchev–Trinajstić information content (AvgIpc) is 3.40. The summed E-state index contributed by atoms with van der Waals surface area (Å²) in [5.41, 5.74) is 0.163. The maximum Gasteiger partial charge on any atom is 0.410 e. The second-order valence-corrected chi connectivity index (χ2v) is 10.4. The van der Waals surface area contributed by atoms with E-state index >= 15 is 0 Å². The number of benzene rings is 1. The quantitative estimate of drug-likeness (QED) is 0.188. The molecule has 1 aliphatic heterocycles. The minimum atomic E-state index is -0.951. The fourth-order valence-electron chi connectivity index (χ4n) is 4.05. The number of ether oxygens (including phenoxy) is 3. The zero-order valence-corrected chi connectivity index (χ0v) is 23.8. The molecule has 40 heavy (non-hydrogen) atoms. The Hall–Kier alpha value is -3.83. The molecule has 0 unspecified atom stereocenters. The zero-order chi connectivity index (χ0) is 29.5. The number of nitrogens with one attached hydrogen (secondary N) is 3. The van der Waals surface area contributed by atoms with Crippen LogP contribution in [0.5, 0.6) is 0 Å². The van der Waals surface area contributed by atoms with Crippen molar-refractivity contribution in [1.29, 1.82) is 0 Å². The van der Waals surface area contributed by atoms with E-state index in [9.17, 15) is 24.0 Å². The van der Waals surface area contributed by atoms with Crippen molar-refractivity contribution in [3.05, 3.63) is 35.9 Å². The number of alkyl carbamates (subject to hydrolysis) is 1. The monoisotopic (exact) mass is 562 g/mol. The Balaban J connectivity index is 1.89. The van der Waals surface area contributed by atoms with Crippen molar-refractivity contribution in [2.45, 2.75) is 84.1 Å². The van der Waals surface area contributed by atoms with Crippen molar-refractivity contribution >= 4 is 30.0 Å². The van der Waals surface area contributed by atoms with Gasteiger partial charge in [0.2, 0.25) is 11.8 Å². The Bertz CT molecular complexity index is 996. The Labute approximate surface area is 235 Å². The van der Waals surface area contributed by atoms with Gasteiger partial charge in [0, 0.05) is 13.1 Å². The Morgan fingerprint density at radius 2 is 1.75 bits per heavy atom. The summed E-state index contributed by atoms with van der Waals surface area (Å²) in [6.07, 6.45) is 1.19. The molecule has 12 heteroatoms. The number of hydrogen-bond donors (Lipinski definition) is 3. The number of amides is 4. The molecule has 3 N–H and O–H groups in total. The van der Waals surface area contributed by atoms with Crippen molar-refractivity contribution < 1.29 is 38.2 Å². The van der Waals surface area contributed by atoms with Crippen LogP contribution in [0.25, 0.3) is 0 Å². The van der Waals surface area contributed by atoms with Gasteiger partial charge in [-0.3, -0.25) is 19.3 Å². The molecule has 1 aliphatic rings. The van der Waals surface area contributed by atoms with E-state index in [4.69, 9.17) is 14.2 Å². The third-order valence-corrected chi connectivity index (χ3v) is 5.93. The van der Waals surface area contributed by atoms with E-state index < -0.39 is 47.7 Å². The van der Waals surface area contributed by atoms with Gasteiger partial charge < -0.3 is 30.2 Å². The van der Waals surface area contributed by atoms with Gasteiger partial charge in [-0.1, -0.05) is 30.3 Å². The molecule has 2 rings (SSSR count). The highest BCUT2D eigenvalue weighted by atomic mass is 16.6. The van der Waals surface area contributed by atoms with E-state index in [-0.39, 0.29) is 26.2 Å². The van der Waals surface area contributed by atoms with Crippen LogP contribution in [0.1, 0.15) is 65.4 Å². The lowest BCUT2D eigenvalue weighted by molar-refractivity contribution is -0.143. The predicted octanol–water partition coefficient (Wildman–Crippen LogP) is 2.65. The van der Waals surface area contributed by atoms with Crippen LogP contribution in [-0.2, 0) is 35.2 Å². The molecule has 12 nitrogen and oxygen atoms in total. The molecule has 0 aromatic heterocycles. The van der Waals surface area contributed by atoms with Crippen LogP contribution >= 0.6 is 0 Å². The molecule has 0 radical (unpaired) electrons. The first kappa shape index (κ1) is 32.4. The van der Waals surface area contributed by atoms with Crippen LogP contribution in [0.2, 0.25) is 0 Å². The summed E-state index contributed by atoms with van der Waals surface area (Å²) in [4.78, 5) is 63.6. The molecule has 2 atom stereocenters. The number of nitrogens with zero attached hydrogens (tertiary/aromatic N) is 1. The molecule has 1 aromatic carbocycles. The first-order chi connectivity index (χ1) is 19.0. The highest BCUT2D eigenvalue weighted by Crippen LogP contribution is 2.21. The zero-order valence-electron chi connectivity index (χ0n) is 23.8. The number of hydrogen-bond acceptors (Lipinski definition) is 8. The van der Waals surface area contributed by atoms with E-state index in [0.29, 0.717) is 38.8 Å². The van der Waals surface area contributed by atoms with E-state index in [1.807, 2.05) is 30.3 Å². The summed E-state index contributed by atoms with van der Waals surface area (Å²) in [6, 6.07) is 7.58. The van der Waals surface area contributed by atoms with E-state index in [1.165, 1.54) is 4.90 Å². The van der Waals surface area contributed by atoms with E-state index in [2.05, 4.69) is 16.0 Å². The minimum Gasteiger partial charge on any atom is -0.465 e. The molecular weight excluding hydrogens is 520 g/mol. The highest BCUT2D eigenvalue weighted by Gasteiger charge is 2.38.